The summed E-state index contributed by atoms with van der Waals surface area (Å²) in [6, 6.07) is 6.51. The van der Waals surface area contributed by atoms with Crippen molar-refractivity contribution < 1.29 is 8.81 Å². The predicted octanol–water partition coefficient (Wildman–Crippen LogP) is 3.86. The number of pyridine rings is 1. The molecule has 0 atom stereocenters. The maximum Gasteiger partial charge on any atom is 0.263 e. The summed E-state index contributed by atoms with van der Waals surface area (Å²) < 4.78 is 19.7. The minimum absolute atomic E-state index is 0.211. The van der Waals surface area contributed by atoms with Crippen LogP contribution in [0.1, 0.15) is 0 Å². The number of nitrogens with two attached hydrogens (primary N) is 1. The van der Waals surface area contributed by atoms with Gasteiger partial charge in [0, 0.05) is 22.4 Å². The highest BCUT2D eigenvalue weighted by Gasteiger charge is 2.12. The van der Waals surface area contributed by atoms with Crippen molar-refractivity contribution in [2.75, 3.05) is 5.73 Å². The van der Waals surface area contributed by atoms with Crippen molar-refractivity contribution in [2.24, 2.45) is 0 Å². The lowest BCUT2D eigenvalue weighted by Crippen LogP contribution is -1.86. The second-order valence-electron chi connectivity index (χ2n) is 3.75. The van der Waals surface area contributed by atoms with Crippen LogP contribution < -0.4 is 5.73 Å². The van der Waals surface area contributed by atoms with Gasteiger partial charge >= 0.3 is 0 Å². The molecule has 0 amide bonds. The maximum absolute atomic E-state index is 13.7. The first-order chi connectivity index (χ1) is 9.11. The Balaban J connectivity index is 1.96. The summed E-state index contributed by atoms with van der Waals surface area (Å²) in [4.78, 5) is 8.21. The molecular formula is C12H7BrFN3OS. The number of anilines is 1. The molecule has 19 heavy (non-hydrogen) atoms. The Morgan fingerprint density at radius 2 is 2.16 bits per heavy atom. The molecule has 0 aliphatic carbocycles. The lowest BCUT2D eigenvalue weighted by atomic mass is 10.3. The van der Waals surface area contributed by atoms with Gasteiger partial charge in [-0.15, -0.1) is 0 Å². The van der Waals surface area contributed by atoms with Gasteiger partial charge in [0.25, 0.3) is 5.22 Å². The molecule has 0 fully saturated rings. The van der Waals surface area contributed by atoms with E-state index >= 15 is 0 Å². The van der Waals surface area contributed by atoms with Crippen molar-refractivity contribution in [1.82, 2.24) is 9.97 Å². The Bertz CT molecular complexity index is 762. The van der Waals surface area contributed by atoms with Crippen molar-refractivity contribution in [3.63, 3.8) is 0 Å². The number of rotatable bonds is 2. The Kier molecular flexibility index (Phi) is 3.16. The first kappa shape index (κ1) is 12.4. The number of oxazole rings is 1. The van der Waals surface area contributed by atoms with Gasteiger partial charge in [0.15, 0.2) is 11.4 Å². The Hall–Kier alpha value is -1.60. The van der Waals surface area contributed by atoms with Crippen LogP contribution in [0.5, 0.6) is 0 Å². The van der Waals surface area contributed by atoms with E-state index in [9.17, 15) is 4.39 Å². The largest absolute Gasteiger partial charge is 0.431 e. The minimum atomic E-state index is -0.429. The lowest BCUT2D eigenvalue weighted by Gasteiger charge is -1.98. The SMILES string of the molecule is Nc1ccc2nc(Sc3ncc(Br)cc3F)oc2c1. The molecule has 4 nitrogen and oxygen atoms in total. The van der Waals surface area contributed by atoms with Crippen LogP contribution in [0.3, 0.4) is 0 Å². The quantitative estimate of drug-likeness (QED) is 0.718. The van der Waals surface area contributed by atoms with Gasteiger partial charge in [-0.1, -0.05) is 0 Å². The van der Waals surface area contributed by atoms with Crippen LogP contribution in [0, 0.1) is 5.82 Å². The minimum Gasteiger partial charge on any atom is -0.431 e. The van der Waals surface area contributed by atoms with E-state index in [-0.39, 0.29) is 5.03 Å². The van der Waals surface area contributed by atoms with Crippen molar-refractivity contribution >= 4 is 44.5 Å². The van der Waals surface area contributed by atoms with E-state index < -0.39 is 5.82 Å². The molecule has 2 N–H and O–H groups in total. The van der Waals surface area contributed by atoms with E-state index in [4.69, 9.17) is 10.2 Å². The van der Waals surface area contributed by atoms with Gasteiger partial charge in [0.05, 0.1) is 0 Å². The van der Waals surface area contributed by atoms with Crippen LogP contribution in [0.15, 0.2) is 49.6 Å². The molecule has 0 unspecified atom stereocenters. The highest BCUT2D eigenvalue weighted by molar-refractivity contribution is 9.10. The van der Waals surface area contributed by atoms with Crippen LogP contribution in [-0.2, 0) is 0 Å². The third-order valence-corrected chi connectivity index (χ3v) is 3.63. The van der Waals surface area contributed by atoms with Gasteiger partial charge in [-0.05, 0) is 45.9 Å². The summed E-state index contributed by atoms with van der Waals surface area (Å²) in [5, 5.41) is 0.539. The molecule has 0 aliphatic rings. The summed E-state index contributed by atoms with van der Waals surface area (Å²) in [5.74, 6) is -0.429. The zero-order valence-electron chi connectivity index (χ0n) is 9.43. The molecule has 3 aromatic rings. The molecule has 0 spiro atoms. The Morgan fingerprint density at radius 1 is 1.32 bits per heavy atom. The number of benzene rings is 1. The highest BCUT2D eigenvalue weighted by atomic mass is 79.9. The smallest absolute Gasteiger partial charge is 0.263 e. The third-order valence-electron chi connectivity index (χ3n) is 2.35. The number of nitrogen functional groups attached to an aromatic ring is 1. The van der Waals surface area contributed by atoms with Crippen molar-refractivity contribution in [3.05, 3.63) is 40.8 Å². The Morgan fingerprint density at radius 3 is 2.95 bits per heavy atom. The molecule has 96 valence electrons. The van der Waals surface area contributed by atoms with Crippen molar-refractivity contribution in [1.29, 1.82) is 0 Å². The van der Waals surface area contributed by atoms with Gasteiger partial charge < -0.3 is 10.2 Å². The molecule has 7 heteroatoms. The van der Waals surface area contributed by atoms with Crippen LogP contribution in [0.25, 0.3) is 11.1 Å². The summed E-state index contributed by atoms with van der Waals surface area (Å²) in [6.45, 7) is 0. The summed E-state index contributed by atoms with van der Waals surface area (Å²) in [6.07, 6.45) is 1.52. The summed E-state index contributed by atoms with van der Waals surface area (Å²) >= 11 is 4.18. The average Bonchev–Trinajstić information content (AvgIpc) is 2.74. The molecule has 2 heterocycles. The second-order valence-corrected chi connectivity index (χ2v) is 5.61. The topological polar surface area (TPSA) is 64.9 Å². The van der Waals surface area contributed by atoms with Crippen LogP contribution >= 0.6 is 27.7 Å². The number of fused-ring (bicyclic) bond motifs is 1. The van der Waals surface area contributed by atoms with Crippen LogP contribution in [0.4, 0.5) is 10.1 Å². The van der Waals surface area contributed by atoms with E-state index in [1.807, 2.05) is 0 Å². The summed E-state index contributed by atoms with van der Waals surface area (Å²) in [5.41, 5.74) is 7.49. The van der Waals surface area contributed by atoms with E-state index in [1.165, 1.54) is 12.3 Å². The molecule has 2 aromatic heterocycles. The first-order valence-corrected chi connectivity index (χ1v) is 6.88. The normalized spacial score (nSPS) is 11.1. The monoisotopic (exact) mass is 339 g/mol. The highest BCUT2D eigenvalue weighted by Crippen LogP contribution is 2.31. The van der Waals surface area contributed by atoms with E-state index in [1.54, 1.807) is 18.2 Å². The molecule has 0 bridgehead atoms. The summed E-state index contributed by atoms with van der Waals surface area (Å²) in [7, 11) is 0. The Labute approximate surface area is 120 Å². The fourth-order valence-corrected chi connectivity index (χ4v) is 2.53. The molecule has 0 aliphatic heterocycles. The molecule has 0 saturated carbocycles. The van der Waals surface area contributed by atoms with Gasteiger partial charge in [-0.3, -0.25) is 0 Å². The zero-order chi connectivity index (χ0) is 13.4. The van der Waals surface area contributed by atoms with Crippen molar-refractivity contribution in [3.8, 4) is 0 Å². The fourth-order valence-electron chi connectivity index (χ4n) is 1.52. The first-order valence-electron chi connectivity index (χ1n) is 5.27. The fraction of sp³-hybridized carbons (Fsp3) is 0. The number of halogens is 2. The van der Waals surface area contributed by atoms with Gasteiger partial charge in [0.2, 0.25) is 0 Å². The van der Waals surface area contributed by atoms with Crippen molar-refractivity contribution in [2.45, 2.75) is 10.2 Å². The number of aromatic nitrogens is 2. The third kappa shape index (κ3) is 2.57. The van der Waals surface area contributed by atoms with Crippen LogP contribution in [-0.4, -0.2) is 9.97 Å². The predicted molar refractivity (Wildman–Crippen MR) is 74.4 cm³/mol. The lowest BCUT2D eigenvalue weighted by molar-refractivity contribution is 0.487. The zero-order valence-corrected chi connectivity index (χ0v) is 11.8. The number of nitrogens with zero attached hydrogens (tertiary/aromatic N) is 2. The number of hydrogen-bond donors (Lipinski definition) is 1. The number of hydrogen-bond acceptors (Lipinski definition) is 5. The van der Waals surface area contributed by atoms with Gasteiger partial charge in [-0.25, -0.2) is 14.4 Å². The molecule has 3 rings (SSSR count). The molecule has 0 radical (unpaired) electrons. The average molecular weight is 340 g/mol. The molecular weight excluding hydrogens is 333 g/mol. The van der Waals surface area contributed by atoms with E-state index in [2.05, 4.69) is 25.9 Å². The standard InChI is InChI=1S/C12H7BrFN3OS/c13-6-3-8(14)11(16-5-6)19-12-17-9-2-1-7(15)4-10(9)18-12/h1-5H,15H2. The van der Waals surface area contributed by atoms with Crippen LogP contribution in [0.2, 0.25) is 0 Å². The maximum atomic E-state index is 13.7. The van der Waals surface area contributed by atoms with Gasteiger partial charge in [-0.2, -0.15) is 0 Å². The van der Waals surface area contributed by atoms with E-state index in [0.29, 0.717) is 26.5 Å². The van der Waals surface area contributed by atoms with E-state index in [0.717, 1.165) is 11.8 Å². The molecule has 0 saturated heterocycles. The van der Waals surface area contributed by atoms with Gasteiger partial charge in [0.1, 0.15) is 10.5 Å². The molecule has 1 aromatic carbocycles. The second kappa shape index (κ2) is 4.82.